The quantitative estimate of drug-likeness (QED) is 0.444. The molecule has 5 rings (SSSR count). The number of halogens is 1. The maximum absolute atomic E-state index is 14.1. The molecule has 1 aliphatic heterocycles. The lowest BCUT2D eigenvalue weighted by Gasteiger charge is -2.22. The highest BCUT2D eigenvalue weighted by atomic mass is 32.2. The number of anilines is 1. The molecule has 1 aliphatic rings. The first kappa shape index (κ1) is 22.2. The molecule has 3 N–H and O–H groups in total. The normalized spacial score (nSPS) is 16.4. The molecule has 2 aromatic heterocycles. The summed E-state index contributed by atoms with van der Waals surface area (Å²) < 4.78 is 45.3. The fourth-order valence-electron chi connectivity index (χ4n) is 3.99. The Hall–Kier alpha value is -3.63. The average molecular weight is 480 g/mol. The Kier molecular flexibility index (Phi) is 5.84. The Balaban J connectivity index is 1.44. The van der Waals surface area contributed by atoms with Gasteiger partial charge in [0.2, 0.25) is 0 Å². The summed E-state index contributed by atoms with van der Waals surface area (Å²) in [6.45, 7) is 1.30. The van der Waals surface area contributed by atoms with E-state index in [2.05, 4.69) is 20.4 Å². The third kappa shape index (κ3) is 4.17. The highest BCUT2D eigenvalue weighted by Gasteiger charge is 2.28. The van der Waals surface area contributed by atoms with Gasteiger partial charge in [-0.05, 0) is 43.7 Å². The second-order valence-corrected chi connectivity index (χ2v) is 10.3. The molecule has 2 aromatic carbocycles. The van der Waals surface area contributed by atoms with Crippen LogP contribution < -0.4 is 11.1 Å². The van der Waals surface area contributed by atoms with Crippen molar-refractivity contribution in [2.45, 2.75) is 23.0 Å². The summed E-state index contributed by atoms with van der Waals surface area (Å²) >= 11 is 0. The van der Waals surface area contributed by atoms with Gasteiger partial charge in [-0.3, -0.25) is 0 Å². The van der Waals surface area contributed by atoms with Crippen molar-refractivity contribution in [3.63, 3.8) is 0 Å². The van der Waals surface area contributed by atoms with E-state index in [-0.39, 0.29) is 22.2 Å². The molecule has 1 unspecified atom stereocenters. The van der Waals surface area contributed by atoms with Crippen LogP contribution in [0.5, 0.6) is 0 Å². The van der Waals surface area contributed by atoms with Crippen LogP contribution in [0.1, 0.15) is 12.8 Å². The van der Waals surface area contributed by atoms with Crippen LogP contribution in [0.15, 0.2) is 70.2 Å². The van der Waals surface area contributed by atoms with Crippen LogP contribution in [0.4, 0.5) is 10.2 Å². The van der Waals surface area contributed by atoms with Crippen LogP contribution in [0.25, 0.3) is 34.0 Å². The van der Waals surface area contributed by atoms with E-state index in [1.807, 2.05) is 0 Å². The van der Waals surface area contributed by atoms with Crippen LogP contribution in [-0.4, -0.2) is 41.9 Å². The third-order valence-electron chi connectivity index (χ3n) is 5.86. The second kappa shape index (κ2) is 8.96. The number of nitrogens with two attached hydrogens (primary N) is 1. The number of nitrogens with one attached hydrogen (secondary N) is 1. The van der Waals surface area contributed by atoms with Crippen molar-refractivity contribution in [1.29, 1.82) is 0 Å². The first-order chi connectivity index (χ1) is 16.4. The highest BCUT2D eigenvalue weighted by molar-refractivity contribution is 7.92. The Morgan fingerprint density at radius 3 is 2.62 bits per heavy atom. The third-order valence-corrected chi connectivity index (χ3v) is 8.07. The lowest BCUT2D eigenvalue weighted by atomic mass is 10.1. The summed E-state index contributed by atoms with van der Waals surface area (Å²) in [5.41, 5.74) is 8.04. The van der Waals surface area contributed by atoms with Gasteiger partial charge in [0, 0.05) is 23.7 Å². The van der Waals surface area contributed by atoms with E-state index >= 15 is 0 Å². The lowest BCUT2D eigenvalue weighted by molar-refractivity contribution is 0.433. The van der Waals surface area contributed by atoms with E-state index in [0.29, 0.717) is 35.5 Å². The van der Waals surface area contributed by atoms with Gasteiger partial charge in [0.05, 0.1) is 22.0 Å². The van der Waals surface area contributed by atoms with Crippen molar-refractivity contribution in [2.75, 3.05) is 18.8 Å². The van der Waals surface area contributed by atoms with Gasteiger partial charge in [-0.2, -0.15) is 0 Å². The van der Waals surface area contributed by atoms with E-state index < -0.39 is 20.9 Å². The van der Waals surface area contributed by atoms with Gasteiger partial charge in [-0.25, -0.2) is 22.8 Å². The number of rotatable bonds is 5. The summed E-state index contributed by atoms with van der Waals surface area (Å²) in [5, 5.41) is 6.66. The number of piperidine rings is 1. The zero-order chi connectivity index (χ0) is 23.7. The van der Waals surface area contributed by atoms with E-state index in [1.165, 1.54) is 12.3 Å². The van der Waals surface area contributed by atoms with Crippen molar-refractivity contribution in [2.24, 2.45) is 0 Å². The van der Waals surface area contributed by atoms with Gasteiger partial charge in [0.25, 0.3) is 0 Å². The Labute approximate surface area is 196 Å². The number of benzene rings is 2. The van der Waals surface area contributed by atoms with Gasteiger partial charge in [0.1, 0.15) is 11.5 Å². The molecule has 0 radical (unpaired) electrons. The minimum absolute atomic E-state index is 0.129. The first-order valence-corrected chi connectivity index (χ1v) is 12.4. The van der Waals surface area contributed by atoms with Crippen LogP contribution in [0.2, 0.25) is 0 Å². The molecule has 10 heteroatoms. The van der Waals surface area contributed by atoms with E-state index in [9.17, 15) is 12.8 Å². The van der Waals surface area contributed by atoms with E-state index in [4.69, 9.17) is 10.3 Å². The number of hydrogen-bond acceptors (Lipinski definition) is 8. The lowest BCUT2D eigenvalue weighted by Crippen LogP contribution is -2.38. The van der Waals surface area contributed by atoms with Crippen LogP contribution in [0, 0.1) is 5.82 Å². The maximum Gasteiger partial charge on any atom is 0.189 e. The number of nitrogen functional groups attached to an aromatic ring is 1. The monoisotopic (exact) mass is 479 g/mol. The minimum Gasteiger partial charge on any atom is -0.382 e. The summed E-state index contributed by atoms with van der Waals surface area (Å²) in [5.74, 6) is -0.0488. The maximum atomic E-state index is 14.1. The first-order valence-electron chi connectivity index (χ1n) is 10.8. The molecule has 0 saturated carbocycles. The molecule has 8 nitrogen and oxygen atoms in total. The Morgan fingerprint density at radius 2 is 1.88 bits per heavy atom. The van der Waals surface area contributed by atoms with Gasteiger partial charge in [-0.15, -0.1) is 0 Å². The minimum atomic E-state index is -3.42. The smallest absolute Gasteiger partial charge is 0.189 e. The number of nitrogens with zero attached hydrogens (tertiary/aromatic N) is 3. The SMILES string of the molecule is Nc1ncc(-c2ccc(S(=O)(=O)C3CCCNC3)cc2)nc1-c1cc(-c2ccccc2F)no1. The highest BCUT2D eigenvalue weighted by Crippen LogP contribution is 2.31. The molecule has 0 aliphatic carbocycles. The average Bonchev–Trinajstić information content (AvgIpc) is 3.35. The molecular weight excluding hydrogens is 457 g/mol. The van der Waals surface area contributed by atoms with Gasteiger partial charge in [-0.1, -0.05) is 29.4 Å². The van der Waals surface area contributed by atoms with Crippen LogP contribution in [0.3, 0.4) is 0 Å². The zero-order valence-corrected chi connectivity index (χ0v) is 18.9. The van der Waals surface area contributed by atoms with Gasteiger partial charge in [0.15, 0.2) is 27.1 Å². The topological polar surface area (TPSA) is 124 Å². The molecule has 174 valence electrons. The molecule has 4 aromatic rings. The summed E-state index contributed by atoms with van der Waals surface area (Å²) in [4.78, 5) is 9.03. The zero-order valence-electron chi connectivity index (χ0n) is 18.1. The van der Waals surface area contributed by atoms with Crippen molar-refractivity contribution in [1.82, 2.24) is 20.4 Å². The number of sulfone groups is 1. The van der Waals surface area contributed by atoms with Crippen molar-refractivity contribution >= 4 is 15.7 Å². The summed E-state index contributed by atoms with van der Waals surface area (Å²) in [7, 11) is -3.42. The van der Waals surface area contributed by atoms with Gasteiger partial charge >= 0.3 is 0 Å². The molecule has 0 amide bonds. The van der Waals surface area contributed by atoms with Crippen LogP contribution >= 0.6 is 0 Å². The molecule has 0 spiro atoms. The predicted octanol–water partition coefficient (Wildman–Crippen LogP) is 3.71. The number of hydrogen-bond donors (Lipinski definition) is 2. The van der Waals surface area contributed by atoms with E-state index in [0.717, 1.165) is 13.0 Å². The van der Waals surface area contributed by atoms with E-state index in [1.54, 1.807) is 48.5 Å². The molecule has 0 bridgehead atoms. The standard InChI is InChI=1S/C24H22FN5O3S/c25-19-6-2-1-5-18(19)20-12-22(33-30-20)23-24(26)28-14-21(29-23)15-7-9-16(10-8-15)34(31,32)17-4-3-11-27-13-17/h1-2,5-10,12,14,17,27H,3-4,11,13H2,(H2,26,28). The molecule has 1 atom stereocenters. The fraction of sp³-hybridized carbons (Fsp3) is 0.208. The molecular formula is C24H22FN5O3S. The Bertz CT molecular complexity index is 1430. The summed E-state index contributed by atoms with van der Waals surface area (Å²) in [6, 6.07) is 14.3. The van der Waals surface area contributed by atoms with Crippen molar-refractivity contribution in [3.05, 3.63) is 66.6 Å². The molecule has 34 heavy (non-hydrogen) atoms. The molecule has 1 saturated heterocycles. The van der Waals surface area contributed by atoms with Crippen LogP contribution in [-0.2, 0) is 9.84 Å². The summed E-state index contributed by atoms with van der Waals surface area (Å²) in [6.07, 6.45) is 2.99. The fourth-order valence-corrected chi connectivity index (χ4v) is 5.71. The van der Waals surface area contributed by atoms with Crippen molar-refractivity contribution < 1.29 is 17.3 Å². The Morgan fingerprint density at radius 1 is 1.09 bits per heavy atom. The van der Waals surface area contributed by atoms with Gasteiger partial charge < -0.3 is 15.6 Å². The molecule has 3 heterocycles. The molecule has 1 fully saturated rings. The second-order valence-electron chi connectivity index (χ2n) is 8.08. The number of aromatic nitrogens is 3. The largest absolute Gasteiger partial charge is 0.382 e. The predicted molar refractivity (Wildman–Crippen MR) is 126 cm³/mol. The van der Waals surface area contributed by atoms with Crippen molar-refractivity contribution in [3.8, 4) is 34.0 Å².